The van der Waals surface area contributed by atoms with Crippen molar-refractivity contribution in [2.24, 2.45) is 7.05 Å². The summed E-state index contributed by atoms with van der Waals surface area (Å²) >= 11 is 0. The molecule has 0 radical (unpaired) electrons. The van der Waals surface area contributed by atoms with Crippen LogP contribution in [0.15, 0.2) is 36.4 Å². The molecule has 2 heterocycles. The molecule has 1 amide bonds. The molecule has 0 unspecified atom stereocenters. The zero-order chi connectivity index (χ0) is 18.0. The van der Waals surface area contributed by atoms with Crippen molar-refractivity contribution in [2.45, 2.75) is 6.92 Å². The Kier molecular flexibility index (Phi) is 4.47. The predicted molar refractivity (Wildman–Crippen MR) is 93.0 cm³/mol. The number of benzene rings is 1. The Hall–Kier alpha value is -3.22. The molecule has 128 valence electrons. The van der Waals surface area contributed by atoms with Crippen LogP contribution in [0, 0.1) is 6.92 Å². The molecule has 3 aromatic rings. The SMILES string of the molecule is COC(=O)CNC(=O)c1cc(-c2ccccc2)nc2c1c(C)nn2C. The fraction of sp³-hybridized carbons (Fsp3) is 0.222. The topological polar surface area (TPSA) is 86.1 Å². The summed E-state index contributed by atoms with van der Waals surface area (Å²) in [5.74, 6) is -0.879. The first-order chi connectivity index (χ1) is 12.0. The molecule has 7 heteroatoms. The van der Waals surface area contributed by atoms with Gasteiger partial charge < -0.3 is 10.1 Å². The summed E-state index contributed by atoms with van der Waals surface area (Å²) in [6.45, 7) is 1.63. The number of esters is 1. The first kappa shape index (κ1) is 16.6. The number of aromatic nitrogens is 3. The summed E-state index contributed by atoms with van der Waals surface area (Å²) in [4.78, 5) is 28.6. The lowest BCUT2D eigenvalue weighted by Gasteiger charge is -2.09. The fourth-order valence-electron chi connectivity index (χ4n) is 2.70. The van der Waals surface area contributed by atoms with Crippen LogP contribution in [-0.4, -0.2) is 40.3 Å². The van der Waals surface area contributed by atoms with Crippen LogP contribution >= 0.6 is 0 Å². The van der Waals surface area contributed by atoms with Gasteiger partial charge in [0.15, 0.2) is 5.65 Å². The average molecular weight is 338 g/mol. The van der Waals surface area contributed by atoms with E-state index in [-0.39, 0.29) is 12.5 Å². The third kappa shape index (κ3) is 3.21. The Morgan fingerprint density at radius 2 is 1.96 bits per heavy atom. The molecule has 0 aliphatic carbocycles. The predicted octanol–water partition coefficient (Wildman–Crippen LogP) is 1.85. The van der Waals surface area contributed by atoms with E-state index in [1.807, 2.05) is 37.3 Å². The van der Waals surface area contributed by atoms with E-state index in [2.05, 4.69) is 20.1 Å². The second kappa shape index (κ2) is 6.72. The van der Waals surface area contributed by atoms with Gasteiger partial charge in [0.1, 0.15) is 6.54 Å². The molecular weight excluding hydrogens is 320 g/mol. The van der Waals surface area contributed by atoms with Crippen LogP contribution in [0.4, 0.5) is 0 Å². The van der Waals surface area contributed by atoms with Gasteiger partial charge in [-0.05, 0) is 13.0 Å². The smallest absolute Gasteiger partial charge is 0.325 e. The third-order valence-corrected chi connectivity index (χ3v) is 3.90. The zero-order valence-corrected chi connectivity index (χ0v) is 14.2. The van der Waals surface area contributed by atoms with Gasteiger partial charge in [-0.15, -0.1) is 0 Å². The number of nitrogens with zero attached hydrogens (tertiary/aromatic N) is 3. The zero-order valence-electron chi connectivity index (χ0n) is 14.2. The molecule has 2 aromatic heterocycles. The minimum atomic E-state index is -0.509. The number of fused-ring (bicyclic) bond motifs is 1. The maximum atomic E-state index is 12.6. The van der Waals surface area contributed by atoms with Crippen molar-refractivity contribution in [3.8, 4) is 11.3 Å². The van der Waals surface area contributed by atoms with E-state index in [0.29, 0.717) is 28.0 Å². The van der Waals surface area contributed by atoms with Crippen molar-refractivity contribution in [3.63, 3.8) is 0 Å². The van der Waals surface area contributed by atoms with Crippen molar-refractivity contribution in [3.05, 3.63) is 47.7 Å². The number of hydrogen-bond acceptors (Lipinski definition) is 5. The van der Waals surface area contributed by atoms with E-state index in [1.54, 1.807) is 17.8 Å². The van der Waals surface area contributed by atoms with Crippen molar-refractivity contribution in [2.75, 3.05) is 13.7 Å². The standard InChI is InChI=1S/C18H18N4O3/c1-11-16-13(18(24)19-10-15(23)25-3)9-14(12-7-5-4-6-8-12)20-17(16)22(2)21-11/h4-9H,10H2,1-3H3,(H,19,24). The van der Waals surface area contributed by atoms with E-state index < -0.39 is 5.97 Å². The summed E-state index contributed by atoms with van der Waals surface area (Å²) < 4.78 is 6.21. The molecule has 0 atom stereocenters. The lowest BCUT2D eigenvalue weighted by Crippen LogP contribution is -2.30. The number of methoxy groups -OCH3 is 1. The minimum absolute atomic E-state index is 0.195. The normalized spacial score (nSPS) is 10.7. The van der Waals surface area contributed by atoms with E-state index >= 15 is 0 Å². The highest BCUT2D eigenvalue weighted by atomic mass is 16.5. The second-order valence-corrected chi connectivity index (χ2v) is 5.59. The molecule has 0 fully saturated rings. The second-order valence-electron chi connectivity index (χ2n) is 5.59. The van der Waals surface area contributed by atoms with Gasteiger partial charge in [-0.3, -0.25) is 14.3 Å². The number of nitrogens with one attached hydrogen (secondary N) is 1. The number of carbonyl (C=O) groups is 2. The summed E-state index contributed by atoms with van der Waals surface area (Å²) in [5.41, 5.74) is 3.30. The lowest BCUT2D eigenvalue weighted by atomic mass is 10.0. The molecule has 3 rings (SSSR count). The van der Waals surface area contributed by atoms with Crippen molar-refractivity contribution < 1.29 is 14.3 Å². The number of rotatable bonds is 4. The van der Waals surface area contributed by atoms with Crippen LogP contribution in [0.2, 0.25) is 0 Å². The largest absolute Gasteiger partial charge is 0.468 e. The molecular formula is C18H18N4O3. The van der Waals surface area contributed by atoms with Crippen LogP contribution < -0.4 is 5.32 Å². The maximum Gasteiger partial charge on any atom is 0.325 e. The molecule has 7 nitrogen and oxygen atoms in total. The number of aryl methyl sites for hydroxylation is 2. The summed E-state index contributed by atoms with van der Waals surface area (Å²) in [5, 5.41) is 7.61. The molecule has 0 bridgehead atoms. The first-order valence-corrected chi connectivity index (χ1v) is 7.76. The highest BCUT2D eigenvalue weighted by molar-refractivity contribution is 6.08. The van der Waals surface area contributed by atoms with Crippen molar-refractivity contribution in [1.29, 1.82) is 0 Å². The Balaban J connectivity index is 2.12. The summed E-state index contributed by atoms with van der Waals surface area (Å²) in [6.07, 6.45) is 0. The van der Waals surface area contributed by atoms with Crippen LogP contribution in [0.3, 0.4) is 0 Å². The van der Waals surface area contributed by atoms with Crippen LogP contribution in [0.25, 0.3) is 22.3 Å². The average Bonchev–Trinajstić information content (AvgIpc) is 2.93. The van der Waals surface area contributed by atoms with Gasteiger partial charge in [-0.25, -0.2) is 4.98 Å². The lowest BCUT2D eigenvalue weighted by molar-refractivity contribution is -0.139. The van der Waals surface area contributed by atoms with Crippen molar-refractivity contribution in [1.82, 2.24) is 20.1 Å². The molecule has 0 saturated heterocycles. The van der Waals surface area contributed by atoms with Gasteiger partial charge >= 0.3 is 5.97 Å². The highest BCUT2D eigenvalue weighted by Gasteiger charge is 2.19. The van der Waals surface area contributed by atoms with Crippen molar-refractivity contribution >= 4 is 22.9 Å². The van der Waals surface area contributed by atoms with Gasteiger partial charge in [-0.2, -0.15) is 5.10 Å². The maximum absolute atomic E-state index is 12.6. The van der Waals surface area contributed by atoms with Crippen LogP contribution in [0.5, 0.6) is 0 Å². The molecule has 1 aromatic carbocycles. The van der Waals surface area contributed by atoms with E-state index in [4.69, 9.17) is 0 Å². The van der Waals surface area contributed by atoms with E-state index in [1.165, 1.54) is 7.11 Å². The van der Waals surface area contributed by atoms with E-state index in [0.717, 1.165) is 5.56 Å². The Labute approximate surface area is 144 Å². The van der Waals surface area contributed by atoms with Gasteiger partial charge in [0.05, 0.1) is 29.4 Å². The summed E-state index contributed by atoms with van der Waals surface area (Å²) in [7, 11) is 3.06. The molecule has 1 N–H and O–H groups in total. The number of amides is 1. The molecule has 25 heavy (non-hydrogen) atoms. The van der Waals surface area contributed by atoms with E-state index in [9.17, 15) is 9.59 Å². The van der Waals surface area contributed by atoms with Gasteiger partial charge in [-0.1, -0.05) is 30.3 Å². The number of ether oxygens (including phenoxy) is 1. The van der Waals surface area contributed by atoms with Gasteiger partial charge in [0, 0.05) is 12.6 Å². The molecule has 0 spiro atoms. The molecule has 0 aliphatic heterocycles. The Morgan fingerprint density at radius 1 is 1.24 bits per heavy atom. The van der Waals surface area contributed by atoms with Gasteiger partial charge in [0.2, 0.25) is 0 Å². The molecule has 0 aliphatic rings. The first-order valence-electron chi connectivity index (χ1n) is 7.76. The van der Waals surface area contributed by atoms with Crippen LogP contribution in [-0.2, 0) is 16.6 Å². The number of carbonyl (C=O) groups excluding carboxylic acids is 2. The monoisotopic (exact) mass is 338 g/mol. The minimum Gasteiger partial charge on any atom is -0.468 e. The quantitative estimate of drug-likeness (QED) is 0.734. The number of hydrogen-bond donors (Lipinski definition) is 1. The highest BCUT2D eigenvalue weighted by Crippen LogP contribution is 2.26. The molecule has 0 saturated carbocycles. The third-order valence-electron chi connectivity index (χ3n) is 3.90. The van der Waals surface area contributed by atoms with Crippen LogP contribution in [0.1, 0.15) is 16.1 Å². The fourth-order valence-corrected chi connectivity index (χ4v) is 2.70. The Morgan fingerprint density at radius 3 is 2.64 bits per heavy atom. The Bertz CT molecular complexity index is 948. The number of pyridine rings is 1. The van der Waals surface area contributed by atoms with Gasteiger partial charge in [0.25, 0.3) is 5.91 Å². The summed E-state index contributed by atoms with van der Waals surface area (Å²) in [6, 6.07) is 11.3.